The number of rotatable bonds is 9. The summed E-state index contributed by atoms with van der Waals surface area (Å²) < 4.78 is 0. The molecule has 5 nitrogen and oxygen atoms in total. The molecule has 144 valence electrons. The van der Waals surface area contributed by atoms with E-state index < -0.39 is 11.6 Å². The molecule has 0 amide bonds. The van der Waals surface area contributed by atoms with E-state index in [2.05, 4.69) is 11.9 Å². The molecule has 2 aromatic rings. The average molecular weight is 368 g/mol. The first-order valence-electron chi connectivity index (χ1n) is 8.86. The monoisotopic (exact) mass is 368 g/mol. The third kappa shape index (κ3) is 5.28. The molecule has 0 saturated heterocycles. The molecule has 6 N–H and O–H groups in total. The SMILES string of the molecule is C=C/C=C(\NC)c1ccc(-c2ccc(C(O)CC(N)(CO)CO)cc2)cc1. The van der Waals surface area contributed by atoms with Crippen molar-refractivity contribution in [1.82, 2.24) is 5.32 Å². The molecule has 2 aromatic carbocycles. The summed E-state index contributed by atoms with van der Waals surface area (Å²) in [4.78, 5) is 0. The summed E-state index contributed by atoms with van der Waals surface area (Å²) in [5.41, 5.74) is 9.50. The van der Waals surface area contributed by atoms with E-state index in [1.54, 1.807) is 6.08 Å². The Hall–Kier alpha value is -2.44. The Morgan fingerprint density at radius 1 is 1.07 bits per heavy atom. The number of aliphatic hydroxyl groups excluding tert-OH is 3. The average Bonchev–Trinajstić information content (AvgIpc) is 2.72. The topological polar surface area (TPSA) is 98.7 Å². The Morgan fingerprint density at radius 3 is 2.04 bits per heavy atom. The molecule has 0 bridgehead atoms. The molecule has 1 unspecified atom stereocenters. The van der Waals surface area contributed by atoms with Gasteiger partial charge in [0.05, 0.1) is 24.9 Å². The van der Waals surface area contributed by atoms with Gasteiger partial charge in [-0.25, -0.2) is 0 Å². The van der Waals surface area contributed by atoms with Crippen LogP contribution in [0.15, 0.2) is 67.3 Å². The minimum atomic E-state index is -1.20. The van der Waals surface area contributed by atoms with Crippen molar-refractivity contribution in [2.24, 2.45) is 5.73 Å². The van der Waals surface area contributed by atoms with Gasteiger partial charge in [0, 0.05) is 12.7 Å². The zero-order chi connectivity index (χ0) is 19.9. The Kier molecular flexibility index (Phi) is 7.33. The lowest BCUT2D eigenvalue weighted by atomic mass is 9.91. The molecule has 0 aliphatic rings. The normalized spacial score (nSPS) is 13.3. The van der Waals surface area contributed by atoms with E-state index in [9.17, 15) is 15.3 Å². The first-order valence-corrected chi connectivity index (χ1v) is 8.86. The van der Waals surface area contributed by atoms with Crippen LogP contribution < -0.4 is 11.1 Å². The summed E-state index contributed by atoms with van der Waals surface area (Å²) in [5.74, 6) is 0. The Bertz CT molecular complexity index is 763. The maximum Gasteiger partial charge on any atom is 0.0809 e. The molecule has 0 aliphatic heterocycles. The number of nitrogens with two attached hydrogens (primary N) is 1. The van der Waals surface area contributed by atoms with Crippen LogP contribution in [0.3, 0.4) is 0 Å². The van der Waals surface area contributed by atoms with E-state index in [0.29, 0.717) is 5.56 Å². The van der Waals surface area contributed by atoms with Gasteiger partial charge in [0.1, 0.15) is 0 Å². The fourth-order valence-electron chi connectivity index (χ4n) is 2.86. The molecule has 0 aromatic heterocycles. The highest BCUT2D eigenvalue weighted by atomic mass is 16.3. The quantitative estimate of drug-likeness (QED) is 0.437. The summed E-state index contributed by atoms with van der Waals surface area (Å²) in [6.45, 7) is 2.94. The fourth-order valence-corrected chi connectivity index (χ4v) is 2.86. The second-order valence-corrected chi connectivity index (χ2v) is 6.66. The van der Waals surface area contributed by atoms with Crippen LogP contribution in [0.25, 0.3) is 16.8 Å². The molecule has 0 aliphatic carbocycles. The van der Waals surface area contributed by atoms with E-state index >= 15 is 0 Å². The summed E-state index contributed by atoms with van der Waals surface area (Å²) in [5, 5.41) is 32.0. The van der Waals surface area contributed by atoms with E-state index in [1.165, 1.54) is 0 Å². The summed E-state index contributed by atoms with van der Waals surface area (Å²) in [7, 11) is 1.87. The van der Waals surface area contributed by atoms with E-state index in [1.807, 2.05) is 61.7 Å². The zero-order valence-corrected chi connectivity index (χ0v) is 15.6. The van der Waals surface area contributed by atoms with Gasteiger partial charge < -0.3 is 26.4 Å². The van der Waals surface area contributed by atoms with Crippen molar-refractivity contribution < 1.29 is 15.3 Å². The van der Waals surface area contributed by atoms with Crippen LogP contribution in [0.1, 0.15) is 23.7 Å². The minimum absolute atomic E-state index is 0.0798. The maximum absolute atomic E-state index is 10.3. The maximum atomic E-state index is 10.3. The fraction of sp³-hybridized carbons (Fsp3) is 0.273. The van der Waals surface area contributed by atoms with Crippen molar-refractivity contribution in [2.75, 3.05) is 20.3 Å². The molecule has 5 heteroatoms. The molecule has 0 spiro atoms. The number of aliphatic hydroxyl groups is 3. The second kappa shape index (κ2) is 9.48. The lowest BCUT2D eigenvalue weighted by Gasteiger charge is -2.27. The van der Waals surface area contributed by atoms with Gasteiger partial charge in [0.15, 0.2) is 0 Å². The van der Waals surface area contributed by atoms with Gasteiger partial charge >= 0.3 is 0 Å². The third-order valence-electron chi connectivity index (χ3n) is 4.61. The summed E-state index contributed by atoms with van der Waals surface area (Å²) in [6, 6.07) is 15.7. The lowest BCUT2D eigenvalue weighted by molar-refractivity contribution is 0.0618. The van der Waals surface area contributed by atoms with Crippen LogP contribution in [-0.4, -0.2) is 41.1 Å². The highest BCUT2D eigenvalue weighted by Crippen LogP contribution is 2.26. The van der Waals surface area contributed by atoms with E-state index in [0.717, 1.165) is 22.4 Å². The van der Waals surface area contributed by atoms with E-state index in [-0.39, 0.29) is 19.6 Å². The van der Waals surface area contributed by atoms with Crippen LogP contribution >= 0.6 is 0 Å². The number of allylic oxidation sites excluding steroid dienone is 2. The Balaban J connectivity index is 2.15. The van der Waals surface area contributed by atoms with Crippen LogP contribution in [0, 0.1) is 0 Å². The first kappa shape index (κ1) is 20.9. The molecule has 0 saturated carbocycles. The molecular formula is C22H28N2O3. The van der Waals surface area contributed by atoms with Crippen molar-refractivity contribution in [3.8, 4) is 11.1 Å². The third-order valence-corrected chi connectivity index (χ3v) is 4.61. The van der Waals surface area contributed by atoms with Crippen molar-refractivity contribution >= 4 is 5.70 Å². The van der Waals surface area contributed by atoms with Gasteiger partial charge in [0.25, 0.3) is 0 Å². The van der Waals surface area contributed by atoms with Crippen LogP contribution in [0.5, 0.6) is 0 Å². The Morgan fingerprint density at radius 2 is 1.59 bits per heavy atom. The highest BCUT2D eigenvalue weighted by Gasteiger charge is 2.27. The van der Waals surface area contributed by atoms with Crippen molar-refractivity contribution in [1.29, 1.82) is 0 Å². The smallest absolute Gasteiger partial charge is 0.0809 e. The lowest BCUT2D eigenvalue weighted by Crippen LogP contribution is -2.48. The predicted octanol–water partition coefficient (Wildman–Crippen LogP) is 2.21. The van der Waals surface area contributed by atoms with E-state index in [4.69, 9.17) is 5.73 Å². The molecule has 0 fully saturated rings. The van der Waals surface area contributed by atoms with Gasteiger partial charge in [-0.2, -0.15) is 0 Å². The second-order valence-electron chi connectivity index (χ2n) is 6.66. The van der Waals surface area contributed by atoms with Crippen molar-refractivity contribution in [3.05, 3.63) is 78.4 Å². The zero-order valence-electron chi connectivity index (χ0n) is 15.6. The number of benzene rings is 2. The molecule has 2 rings (SSSR count). The minimum Gasteiger partial charge on any atom is -0.394 e. The van der Waals surface area contributed by atoms with Crippen LogP contribution in [-0.2, 0) is 0 Å². The number of hydrogen-bond donors (Lipinski definition) is 5. The predicted molar refractivity (Wildman–Crippen MR) is 110 cm³/mol. The molecule has 27 heavy (non-hydrogen) atoms. The largest absolute Gasteiger partial charge is 0.394 e. The summed E-state index contributed by atoms with van der Waals surface area (Å²) >= 11 is 0. The van der Waals surface area contributed by atoms with Gasteiger partial charge in [-0.05, 0) is 34.8 Å². The highest BCUT2D eigenvalue weighted by molar-refractivity contribution is 5.70. The molecule has 0 heterocycles. The van der Waals surface area contributed by atoms with Crippen LogP contribution in [0.2, 0.25) is 0 Å². The first-order chi connectivity index (χ1) is 13.0. The van der Waals surface area contributed by atoms with Crippen molar-refractivity contribution in [2.45, 2.75) is 18.1 Å². The van der Waals surface area contributed by atoms with Gasteiger partial charge in [-0.1, -0.05) is 61.2 Å². The van der Waals surface area contributed by atoms with Gasteiger partial charge in [0.2, 0.25) is 0 Å². The standard InChI is InChI=1S/C22H28N2O3/c1-3-4-20(24-2)18-9-5-16(6-10-18)17-7-11-19(12-8-17)21(27)13-22(23,14-25)15-26/h3-12,21,24-27H,1,13-15,23H2,2H3/b20-4-. The van der Waals surface area contributed by atoms with Crippen LogP contribution in [0.4, 0.5) is 0 Å². The van der Waals surface area contributed by atoms with Gasteiger partial charge in [-0.15, -0.1) is 0 Å². The molecule has 0 radical (unpaired) electrons. The van der Waals surface area contributed by atoms with Gasteiger partial charge in [-0.3, -0.25) is 0 Å². The number of nitrogens with one attached hydrogen (secondary N) is 1. The van der Waals surface area contributed by atoms with Crippen molar-refractivity contribution in [3.63, 3.8) is 0 Å². The Labute approximate surface area is 160 Å². The summed E-state index contributed by atoms with van der Waals surface area (Å²) in [6.07, 6.45) is 2.89. The molecular weight excluding hydrogens is 340 g/mol. The molecule has 1 atom stereocenters. The number of hydrogen-bond acceptors (Lipinski definition) is 5.